The standard InChI is InChI=1S/C15H26N4O/c1-6-10(2)19-13(5)9-14(17-19)16-15(20)18-11(3)7-8-12(18)4/h9-12H,6-8H2,1-5H3,(H,16,17,20). The maximum Gasteiger partial charge on any atom is 0.323 e. The van der Waals surface area contributed by atoms with Crippen LogP contribution in [0.5, 0.6) is 0 Å². The van der Waals surface area contributed by atoms with Gasteiger partial charge in [-0.2, -0.15) is 5.10 Å². The van der Waals surface area contributed by atoms with Crippen LogP contribution in [0.15, 0.2) is 6.07 Å². The Morgan fingerprint density at radius 3 is 2.60 bits per heavy atom. The lowest BCUT2D eigenvalue weighted by Gasteiger charge is -2.25. The predicted molar refractivity (Wildman–Crippen MR) is 81.0 cm³/mol. The molecule has 1 saturated heterocycles. The Hall–Kier alpha value is -1.52. The number of carbonyl (C=O) groups excluding carboxylic acids is 1. The molecule has 2 rings (SSSR count). The molecular weight excluding hydrogens is 252 g/mol. The molecule has 3 unspecified atom stereocenters. The van der Waals surface area contributed by atoms with Gasteiger partial charge in [-0.1, -0.05) is 6.92 Å². The molecule has 20 heavy (non-hydrogen) atoms. The van der Waals surface area contributed by atoms with Crippen LogP contribution in [-0.2, 0) is 0 Å². The number of anilines is 1. The number of likely N-dealkylation sites (tertiary alicyclic amines) is 1. The van der Waals surface area contributed by atoms with Crippen molar-refractivity contribution in [3.05, 3.63) is 11.8 Å². The van der Waals surface area contributed by atoms with Crippen molar-refractivity contribution in [2.24, 2.45) is 0 Å². The minimum Gasteiger partial charge on any atom is -0.319 e. The molecule has 1 N–H and O–H groups in total. The minimum atomic E-state index is -0.0312. The maximum atomic E-state index is 12.4. The van der Waals surface area contributed by atoms with Crippen LogP contribution in [-0.4, -0.2) is 32.8 Å². The first-order chi connectivity index (χ1) is 9.43. The first-order valence-electron chi connectivity index (χ1n) is 7.59. The molecule has 0 saturated carbocycles. The van der Waals surface area contributed by atoms with Gasteiger partial charge in [-0.3, -0.25) is 10.00 Å². The summed E-state index contributed by atoms with van der Waals surface area (Å²) in [5.41, 5.74) is 1.08. The van der Waals surface area contributed by atoms with Crippen LogP contribution in [0, 0.1) is 6.92 Å². The number of aryl methyl sites for hydroxylation is 1. The molecule has 1 fully saturated rings. The summed E-state index contributed by atoms with van der Waals surface area (Å²) in [5, 5.41) is 7.44. The maximum absolute atomic E-state index is 12.4. The van der Waals surface area contributed by atoms with Crippen LogP contribution in [0.25, 0.3) is 0 Å². The highest BCUT2D eigenvalue weighted by atomic mass is 16.2. The lowest BCUT2D eigenvalue weighted by molar-refractivity contribution is 0.194. The number of nitrogens with zero attached hydrogens (tertiary/aromatic N) is 3. The molecule has 1 aliphatic rings. The fraction of sp³-hybridized carbons (Fsp3) is 0.733. The van der Waals surface area contributed by atoms with Gasteiger partial charge in [0, 0.05) is 29.9 Å². The third-order valence-corrected chi connectivity index (χ3v) is 4.35. The molecule has 1 aromatic heterocycles. The quantitative estimate of drug-likeness (QED) is 0.919. The molecule has 5 nitrogen and oxygen atoms in total. The van der Waals surface area contributed by atoms with Crippen LogP contribution < -0.4 is 5.32 Å². The minimum absolute atomic E-state index is 0.0312. The monoisotopic (exact) mass is 278 g/mol. The molecule has 0 aromatic carbocycles. The Bertz CT molecular complexity index is 472. The SMILES string of the molecule is CCC(C)n1nc(NC(=O)N2C(C)CCC2C)cc1C. The summed E-state index contributed by atoms with van der Waals surface area (Å²) >= 11 is 0. The topological polar surface area (TPSA) is 50.2 Å². The van der Waals surface area contributed by atoms with Gasteiger partial charge in [-0.05, 0) is 47.0 Å². The number of amides is 2. The van der Waals surface area contributed by atoms with Crippen molar-refractivity contribution in [2.45, 2.75) is 72.0 Å². The molecule has 0 radical (unpaired) electrons. The fourth-order valence-corrected chi connectivity index (χ4v) is 2.94. The van der Waals surface area contributed by atoms with E-state index < -0.39 is 0 Å². The van der Waals surface area contributed by atoms with Crippen molar-refractivity contribution < 1.29 is 4.79 Å². The molecule has 5 heteroatoms. The van der Waals surface area contributed by atoms with Gasteiger partial charge in [-0.25, -0.2) is 4.79 Å². The largest absolute Gasteiger partial charge is 0.323 e. The van der Waals surface area contributed by atoms with Gasteiger partial charge >= 0.3 is 6.03 Å². The summed E-state index contributed by atoms with van der Waals surface area (Å²) in [6.07, 6.45) is 3.18. The zero-order chi connectivity index (χ0) is 14.9. The van der Waals surface area contributed by atoms with Crippen LogP contribution in [0.1, 0.15) is 58.7 Å². The Morgan fingerprint density at radius 2 is 2.05 bits per heavy atom. The molecule has 1 aromatic rings. The van der Waals surface area contributed by atoms with E-state index in [1.165, 1.54) is 0 Å². The third-order valence-electron chi connectivity index (χ3n) is 4.35. The molecule has 0 bridgehead atoms. The number of urea groups is 1. The first-order valence-corrected chi connectivity index (χ1v) is 7.59. The lowest BCUT2D eigenvalue weighted by Crippen LogP contribution is -2.41. The lowest BCUT2D eigenvalue weighted by atomic mass is 10.2. The molecule has 0 aliphatic carbocycles. The number of hydrogen-bond acceptors (Lipinski definition) is 2. The number of nitrogens with one attached hydrogen (secondary N) is 1. The average molecular weight is 278 g/mol. The van der Waals surface area contributed by atoms with Crippen molar-refractivity contribution in [2.75, 3.05) is 5.32 Å². The van der Waals surface area contributed by atoms with E-state index in [9.17, 15) is 4.79 Å². The van der Waals surface area contributed by atoms with Crippen molar-refractivity contribution >= 4 is 11.8 Å². The van der Waals surface area contributed by atoms with Crippen molar-refractivity contribution in [1.29, 1.82) is 0 Å². The number of aromatic nitrogens is 2. The van der Waals surface area contributed by atoms with Gasteiger partial charge in [0.2, 0.25) is 0 Å². The second-order valence-electron chi connectivity index (χ2n) is 5.99. The Balaban J connectivity index is 2.08. The number of carbonyl (C=O) groups is 1. The fourth-order valence-electron chi connectivity index (χ4n) is 2.94. The van der Waals surface area contributed by atoms with Crippen LogP contribution in [0.4, 0.5) is 10.6 Å². The van der Waals surface area contributed by atoms with Gasteiger partial charge < -0.3 is 4.90 Å². The summed E-state index contributed by atoms with van der Waals surface area (Å²) in [7, 11) is 0. The smallest absolute Gasteiger partial charge is 0.319 e. The second-order valence-corrected chi connectivity index (χ2v) is 5.99. The predicted octanol–water partition coefficient (Wildman–Crippen LogP) is 3.57. The van der Waals surface area contributed by atoms with Crippen molar-refractivity contribution in [1.82, 2.24) is 14.7 Å². The Labute approximate surface area is 121 Å². The molecule has 0 spiro atoms. The van der Waals surface area contributed by atoms with E-state index in [0.29, 0.717) is 23.9 Å². The number of rotatable bonds is 3. The van der Waals surface area contributed by atoms with Gasteiger partial charge in [0.1, 0.15) is 0 Å². The van der Waals surface area contributed by atoms with E-state index in [-0.39, 0.29) is 6.03 Å². The summed E-state index contributed by atoms with van der Waals surface area (Å²) in [6.45, 7) is 10.5. The van der Waals surface area contributed by atoms with Gasteiger partial charge in [0.25, 0.3) is 0 Å². The summed E-state index contributed by atoms with van der Waals surface area (Å²) in [4.78, 5) is 14.3. The van der Waals surface area contributed by atoms with E-state index >= 15 is 0 Å². The van der Waals surface area contributed by atoms with Crippen LogP contribution in [0.3, 0.4) is 0 Å². The molecule has 2 heterocycles. The summed E-state index contributed by atoms with van der Waals surface area (Å²) in [6, 6.07) is 2.88. The van der Waals surface area contributed by atoms with Crippen LogP contribution >= 0.6 is 0 Å². The normalized spacial score (nSPS) is 23.9. The van der Waals surface area contributed by atoms with E-state index in [0.717, 1.165) is 25.0 Å². The van der Waals surface area contributed by atoms with Gasteiger partial charge in [0.15, 0.2) is 5.82 Å². The highest BCUT2D eigenvalue weighted by Crippen LogP contribution is 2.24. The molecule has 1 aliphatic heterocycles. The molecule has 112 valence electrons. The molecule has 2 amide bonds. The Kier molecular flexibility index (Phi) is 4.35. The third kappa shape index (κ3) is 2.81. The van der Waals surface area contributed by atoms with Gasteiger partial charge in [0.05, 0.1) is 0 Å². The summed E-state index contributed by atoms with van der Waals surface area (Å²) < 4.78 is 1.98. The zero-order valence-electron chi connectivity index (χ0n) is 13.2. The Morgan fingerprint density at radius 1 is 1.45 bits per heavy atom. The zero-order valence-corrected chi connectivity index (χ0v) is 13.2. The van der Waals surface area contributed by atoms with E-state index in [1.807, 2.05) is 22.6 Å². The number of hydrogen-bond donors (Lipinski definition) is 1. The highest BCUT2D eigenvalue weighted by Gasteiger charge is 2.31. The van der Waals surface area contributed by atoms with Gasteiger partial charge in [-0.15, -0.1) is 0 Å². The van der Waals surface area contributed by atoms with Crippen molar-refractivity contribution in [3.63, 3.8) is 0 Å². The average Bonchev–Trinajstić information content (AvgIpc) is 2.91. The van der Waals surface area contributed by atoms with E-state index in [2.05, 4.69) is 38.1 Å². The molecular formula is C15H26N4O. The van der Waals surface area contributed by atoms with E-state index in [4.69, 9.17) is 0 Å². The van der Waals surface area contributed by atoms with E-state index in [1.54, 1.807) is 0 Å². The second kappa shape index (κ2) is 5.85. The van der Waals surface area contributed by atoms with Crippen molar-refractivity contribution in [3.8, 4) is 0 Å². The van der Waals surface area contributed by atoms with Crippen LogP contribution in [0.2, 0.25) is 0 Å². The molecule has 3 atom stereocenters. The summed E-state index contributed by atoms with van der Waals surface area (Å²) in [5.74, 6) is 0.652. The highest BCUT2D eigenvalue weighted by molar-refractivity contribution is 5.89. The first kappa shape index (κ1) is 14.9.